The van der Waals surface area contributed by atoms with Gasteiger partial charge in [-0.1, -0.05) is 26.0 Å². The van der Waals surface area contributed by atoms with Gasteiger partial charge in [-0.15, -0.1) is 0 Å². The molecule has 4 aliphatic carbocycles. The first-order chi connectivity index (χ1) is 15.3. The van der Waals surface area contributed by atoms with Gasteiger partial charge in [0, 0.05) is 5.56 Å². The smallest absolute Gasteiger partial charge is 0.325 e. The maximum absolute atomic E-state index is 12.9. The summed E-state index contributed by atoms with van der Waals surface area (Å²) in [7, 11) is 0. The molecule has 1 aromatic carbocycles. The molecule has 0 spiro atoms. The lowest BCUT2D eigenvalue weighted by Gasteiger charge is -2.57. The van der Waals surface area contributed by atoms with Crippen molar-refractivity contribution in [2.24, 2.45) is 23.7 Å². The maximum atomic E-state index is 12.9. The molecule has 4 bridgehead atoms. The van der Waals surface area contributed by atoms with Crippen molar-refractivity contribution in [2.45, 2.75) is 70.8 Å². The van der Waals surface area contributed by atoms with Gasteiger partial charge in [0.05, 0.1) is 6.61 Å². The molecule has 2 N–H and O–H groups in total. The fraction of sp³-hybridized carbons (Fsp3) is 0.654. The first-order valence-corrected chi connectivity index (χ1v) is 12.1. The average molecular weight is 441 g/mol. The van der Waals surface area contributed by atoms with E-state index < -0.39 is 12.0 Å². The Kier molecular flexibility index (Phi) is 6.59. The van der Waals surface area contributed by atoms with Crippen LogP contribution in [0.4, 0.5) is 0 Å². The van der Waals surface area contributed by atoms with Gasteiger partial charge >= 0.3 is 5.97 Å². The van der Waals surface area contributed by atoms with Crippen LogP contribution in [0.2, 0.25) is 0 Å². The van der Waals surface area contributed by atoms with Crippen molar-refractivity contribution in [2.75, 3.05) is 13.2 Å². The van der Waals surface area contributed by atoms with E-state index in [0.717, 1.165) is 17.8 Å². The Bertz CT molecular complexity index is 826. The summed E-state index contributed by atoms with van der Waals surface area (Å²) in [6.07, 6.45) is 8.11. The molecule has 6 heteroatoms. The SMILES string of the molecule is CCOC(=O)CNC(=O)[C@H](NC(=O)c1ccc(C23CC4CC(CC(C4)C2)C3)cc1)C(C)C. The van der Waals surface area contributed by atoms with E-state index in [1.807, 2.05) is 26.0 Å². The summed E-state index contributed by atoms with van der Waals surface area (Å²) < 4.78 is 4.84. The zero-order valence-electron chi connectivity index (χ0n) is 19.5. The van der Waals surface area contributed by atoms with Crippen molar-refractivity contribution in [1.82, 2.24) is 10.6 Å². The molecule has 1 aromatic rings. The predicted octanol–water partition coefficient (Wildman–Crippen LogP) is 3.59. The molecular formula is C26H36N2O4. The molecule has 4 fully saturated rings. The summed E-state index contributed by atoms with van der Waals surface area (Å²) in [5.74, 6) is 1.37. The third-order valence-corrected chi connectivity index (χ3v) is 7.75. The van der Waals surface area contributed by atoms with Crippen LogP contribution in [-0.2, 0) is 19.7 Å². The van der Waals surface area contributed by atoms with Crippen LogP contribution in [0.1, 0.15) is 75.2 Å². The molecule has 0 aromatic heterocycles. The summed E-state index contributed by atoms with van der Waals surface area (Å²) in [4.78, 5) is 36.9. The normalized spacial score (nSPS) is 28.9. The van der Waals surface area contributed by atoms with Crippen LogP contribution in [0.3, 0.4) is 0 Å². The van der Waals surface area contributed by atoms with Gasteiger partial charge in [-0.2, -0.15) is 0 Å². The quantitative estimate of drug-likeness (QED) is 0.605. The summed E-state index contributed by atoms with van der Waals surface area (Å²) in [5.41, 5.74) is 2.24. The van der Waals surface area contributed by atoms with Crippen LogP contribution in [0, 0.1) is 23.7 Å². The minimum absolute atomic E-state index is 0.118. The summed E-state index contributed by atoms with van der Waals surface area (Å²) >= 11 is 0. The van der Waals surface area contributed by atoms with Gasteiger partial charge in [-0.3, -0.25) is 14.4 Å². The molecule has 5 rings (SSSR count). The second kappa shape index (κ2) is 9.24. The number of amides is 2. The maximum Gasteiger partial charge on any atom is 0.325 e. The lowest BCUT2D eigenvalue weighted by atomic mass is 9.48. The number of ether oxygens (including phenoxy) is 1. The van der Waals surface area contributed by atoms with Crippen LogP contribution in [-0.4, -0.2) is 37.0 Å². The molecule has 4 aliphatic rings. The monoisotopic (exact) mass is 440 g/mol. The van der Waals surface area contributed by atoms with E-state index in [9.17, 15) is 14.4 Å². The summed E-state index contributed by atoms with van der Waals surface area (Å²) in [5, 5.41) is 5.40. The standard InChI is InChI=1S/C26H36N2O4/c1-4-32-22(29)15-27-25(31)23(16(2)3)28-24(30)20-5-7-21(8-6-20)26-12-17-9-18(13-26)11-19(10-17)14-26/h5-8,16-19,23H,4,9-15H2,1-3H3,(H,27,31)(H,28,30)/t17?,18?,19?,23-,26?/m1/s1. The largest absolute Gasteiger partial charge is 0.465 e. The van der Waals surface area contributed by atoms with E-state index in [4.69, 9.17) is 4.74 Å². The second-order valence-corrected chi connectivity index (χ2v) is 10.5. The minimum Gasteiger partial charge on any atom is -0.465 e. The van der Waals surface area contributed by atoms with Crippen LogP contribution < -0.4 is 10.6 Å². The lowest BCUT2D eigenvalue weighted by molar-refractivity contribution is -0.143. The molecule has 0 aliphatic heterocycles. The highest BCUT2D eigenvalue weighted by molar-refractivity contribution is 5.98. The first kappa shape index (κ1) is 22.8. The Balaban J connectivity index is 1.39. The highest BCUT2D eigenvalue weighted by Gasteiger charge is 2.51. The summed E-state index contributed by atoms with van der Waals surface area (Å²) in [6.45, 7) is 5.51. The van der Waals surface area contributed by atoms with Crippen molar-refractivity contribution in [3.05, 3.63) is 35.4 Å². The lowest BCUT2D eigenvalue weighted by Crippen LogP contribution is -2.50. The van der Waals surface area contributed by atoms with Crippen molar-refractivity contribution < 1.29 is 19.1 Å². The molecule has 2 amide bonds. The van der Waals surface area contributed by atoms with Crippen molar-refractivity contribution in [1.29, 1.82) is 0 Å². The third kappa shape index (κ3) is 4.69. The molecule has 0 heterocycles. The van der Waals surface area contributed by atoms with Gasteiger partial charge in [-0.05, 0) is 92.2 Å². The second-order valence-electron chi connectivity index (χ2n) is 10.5. The minimum atomic E-state index is -0.722. The van der Waals surface area contributed by atoms with Crippen LogP contribution in [0.25, 0.3) is 0 Å². The van der Waals surface area contributed by atoms with Gasteiger partial charge in [0.15, 0.2) is 0 Å². The fourth-order valence-electron chi connectivity index (χ4n) is 6.68. The van der Waals surface area contributed by atoms with Gasteiger partial charge in [0.25, 0.3) is 5.91 Å². The van der Waals surface area contributed by atoms with Crippen LogP contribution >= 0.6 is 0 Å². The Labute approximate surface area is 190 Å². The number of nitrogens with one attached hydrogen (secondary N) is 2. The highest BCUT2D eigenvalue weighted by Crippen LogP contribution is 2.60. The topological polar surface area (TPSA) is 84.5 Å². The Morgan fingerprint density at radius 2 is 1.56 bits per heavy atom. The molecule has 0 unspecified atom stereocenters. The van der Waals surface area contributed by atoms with Gasteiger partial charge in [0.2, 0.25) is 5.91 Å². The number of hydrogen-bond acceptors (Lipinski definition) is 4. The van der Waals surface area contributed by atoms with Gasteiger partial charge < -0.3 is 15.4 Å². The molecule has 4 saturated carbocycles. The first-order valence-electron chi connectivity index (χ1n) is 12.1. The van der Waals surface area contributed by atoms with E-state index in [1.165, 1.54) is 44.1 Å². The van der Waals surface area contributed by atoms with E-state index >= 15 is 0 Å². The Hall–Kier alpha value is -2.37. The number of carbonyl (C=O) groups excluding carboxylic acids is 3. The molecular weight excluding hydrogens is 404 g/mol. The molecule has 0 saturated heterocycles. The summed E-state index contributed by atoms with van der Waals surface area (Å²) in [6, 6.07) is 7.34. The van der Waals surface area contributed by atoms with Crippen molar-refractivity contribution in [3.8, 4) is 0 Å². The Morgan fingerprint density at radius 1 is 1.00 bits per heavy atom. The number of rotatable bonds is 8. The van der Waals surface area contributed by atoms with E-state index in [0.29, 0.717) is 11.0 Å². The van der Waals surface area contributed by atoms with E-state index in [1.54, 1.807) is 6.92 Å². The van der Waals surface area contributed by atoms with Crippen LogP contribution in [0.15, 0.2) is 24.3 Å². The number of benzene rings is 1. The predicted molar refractivity (Wildman–Crippen MR) is 122 cm³/mol. The molecule has 6 nitrogen and oxygen atoms in total. The highest BCUT2D eigenvalue weighted by atomic mass is 16.5. The third-order valence-electron chi connectivity index (χ3n) is 7.75. The molecule has 174 valence electrons. The number of esters is 1. The number of hydrogen-bond donors (Lipinski definition) is 2. The van der Waals surface area contributed by atoms with Crippen molar-refractivity contribution in [3.63, 3.8) is 0 Å². The van der Waals surface area contributed by atoms with E-state index in [2.05, 4.69) is 22.8 Å². The average Bonchev–Trinajstić information content (AvgIpc) is 2.75. The van der Waals surface area contributed by atoms with Crippen LogP contribution in [0.5, 0.6) is 0 Å². The number of carbonyl (C=O) groups is 3. The molecule has 0 radical (unpaired) electrons. The molecule has 32 heavy (non-hydrogen) atoms. The van der Waals surface area contributed by atoms with Crippen molar-refractivity contribution >= 4 is 17.8 Å². The van der Waals surface area contributed by atoms with Gasteiger partial charge in [-0.25, -0.2) is 0 Å². The molecule has 1 atom stereocenters. The fourth-order valence-corrected chi connectivity index (χ4v) is 6.68. The Morgan fingerprint density at radius 3 is 2.06 bits per heavy atom. The zero-order chi connectivity index (χ0) is 22.9. The zero-order valence-corrected chi connectivity index (χ0v) is 19.5. The van der Waals surface area contributed by atoms with E-state index in [-0.39, 0.29) is 30.9 Å². The van der Waals surface area contributed by atoms with Gasteiger partial charge in [0.1, 0.15) is 12.6 Å².